The van der Waals surface area contributed by atoms with E-state index in [0.29, 0.717) is 16.3 Å². The minimum Gasteiger partial charge on any atom is -0.489 e. The van der Waals surface area contributed by atoms with E-state index in [-0.39, 0.29) is 6.10 Å². The maximum absolute atomic E-state index is 10.6. The third kappa shape index (κ3) is 3.26. The highest BCUT2D eigenvalue weighted by Crippen LogP contribution is 2.32. The summed E-state index contributed by atoms with van der Waals surface area (Å²) in [6.45, 7) is 2.24. The van der Waals surface area contributed by atoms with Crippen LogP contribution in [0, 0.1) is 5.92 Å². The molecule has 98 valence electrons. The minimum atomic E-state index is 0.267. The van der Waals surface area contributed by atoms with Crippen molar-refractivity contribution in [1.29, 1.82) is 0 Å². The van der Waals surface area contributed by atoms with Crippen molar-refractivity contribution in [3.05, 3.63) is 28.8 Å². The first-order valence-electron chi connectivity index (χ1n) is 6.64. The Balaban J connectivity index is 2.02. The molecule has 1 aliphatic carbocycles. The fourth-order valence-electron chi connectivity index (χ4n) is 2.59. The Labute approximate surface area is 113 Å². The molecule has 0 radical (unpaired) electrons. The van der Waals surface area contributed by atoms with Crippen LogP contribution in [0.3, 0.4) is 0 Å². The van der Waals surface area contributed by atoms with Gasteiger partial charge in [-0.2, -0.15) is 0 Å². The standard InChI is InChI=1S/C15H19ClO2/c1-2-11-4-3-5-13(8-11)18-15-7-6-12(10-17)9-14(15)16/h6-7,9-11,13H,2-5,8H2,1H3. The van der Waals surface area contributed by atoms with Crippen molar-refractivity contribution >= 4 is 17.9 Å². The largest absolute Gasteiger partial charge is 0.489 e. The summed E-state index contributed by atoms with van der Waals surface area (Å²) in [5.41, 5.74) is 0.586. The summed E-state index contributed by atoms with van der Waals surface area (Å²) in [6, 6.07) is 5.19. The van der Waals surface area contributed by atoms with Crippen LogP contribution in [-0.2, 0) is 0 Å². The second-order valence-corrected chi connectivity index (χ2v) is 5.40. The molecule has 0 aromatic heterocycles. The Hall–Kier alpha value is -1.02. The first-order valence-corrected chi connectivity index (χ1v) is 7.02. The number of halogens is 1. The topological polar surface area (TPSA) is 26.3 Å². The van der Waals surface area contributed by atoms with E-state index in [4.69, 9.17) is 16.3 Å². The zero-order chi connectivity index (χ0) is 13.0. The van der Waals surface area contributed by atoms with Gasteiger partial charge >= 0.3 is 0 Å². The zero-order valence-corrected chi connectivity index (χ0v) is 11.5. The normalized spacial score (nSPS) is 23.7. The fraction of sp³-hybridized carbons (Fsp3) is 0.533. The molecule has 18 heavy (non-hydrogen) atoms. The smallest absolute Gasteiger partial charge is 0.150 e. The van der Waals surface area contributed by atoms with Crippen LogP contribution >= 0.6 is 11.6 Å². The van der Waals surface area contributed by atoms with Gasteiger partial charge in [0.2, 0.25) is 0 Å². The lowest BCUT2D eigenvalue weighted by atomic mass is 9.85. The second-order valence-electron chi connectivity index (χ2n) is 4.99. The predicted molar refractivity (Wildman–Crippen MR) is 73.5 cm³/mol. The van der Waals surface area contributed by atoms with Crippen molar-refractivity contribution < 1.29 is 9.53 Å². The third-order valence-electron chi connectivity index (χ3n) is 3.70. The predicted octanol–water partition coefficient (Wildman–Crippen LogP) is 4.50. The molecule has 0 spiro atoms. The van der Waals surface area contributed by atoms with Gasteiger partial charge in [-0.25, -0.2) is 0 Å². The molecule has 0 saturated heterocycles. The van der Waals surface area contributed by atoms with Gasteiger partial charge in [-0.3, -0.25) is 4.79 Å². The molecule has 1 aliphatic rings. The Kier molecular flexibility index (Phi) is 4.65. The quantitative estimate of drug-likeness (QED) is 0.750. The molecule has 3 heteroatoms. The average molecular weight is 267 g/mol. The molecule has 2 unspecified atom stereocenters. The van der Waals surface area contributed by atoms with E-state index < -0.39 is 0 Å². The van der Waals surface area contributed by atoms with Gasteiger partial charge in [0.25, 0.3) is 0 Å². The number of aldehydes is 1. The molecule has 2 nitrogen and oxygen atoms in total. The van der Waals surface area contributed by atoms with Gasteiger partial charge in [0.15, 0.2) is 0 Å². The molecular formula is C15H19ClO2. The van der Waals surface area contributed by atoms with E-state index >= 15 is 0 Å². The lowest BCUT2D eigenvalue weighted by Crippen LogP contribution is -2.25. The fourth-order valence-corrected chi connectivity index (χ4v) is 2.82. The Morgan fingerprint density at radius 1 is 1.44 bits per heavy atom. The average Bonchev–Trinajstić information content (AvgIpc) is 2.41. The van der Waals surface area contributed by atoms with Gasteiger partial charge < -0.3 is 4.74 Å². The molecule has 0 N–H and O–H groups in total. The summed E-state index contributed by atoms with van der Waals surface area (Å²) in [5, 5.41) is 0.526. The third-order valence-corrected chi connectivity index (χ3v) is 3.99. The highest BCUT2D eigenvalue weighted by atomic mass is 35.5. The first kappa shape index (κ1) is 13.4. The monoisotopic (exact) mass is 266 g/mol. The molecule has 1 fully saturated rings. The molecule has 1 aromatic carbocycles. The van der Waals surface area contributed by atoms with E-state index in [2.05, 4.69) is 6.92 Å². The highest BCUT2D eigenvalue weighted by molar-refractivity contribution is 6.32. The number of hydrogen-bond acceptors (Lipinski definition) is 2. The number of carbonyl (C=O) groups excluding carboxylic acids is 1. The van der Waals surface area contributed by atoms with Gasteiger partial charge in [0, 0.05) is 5.56 Å². The van der Waals surface area contributed by atoms with Crippen molar-refractivity contribution in [2.24, 2.45) is 5.92 Å². The summed E-state index contributed by atoms with van der Waals surface area (Å²) in [4.78, 5) is 10.6. The first-order chi connectivity index (χ1) is 8.72. The Morgan fingerprint density at radius 3 is 2.94 bits per heavy atom. The minimum absolute atomic E-state index is 0.267. The maximum Gasteiger partial charge on any atom is 0.150 e. The molecule has 2 rings (SSSR count). The van der Waals surface area contributed by atoms with Crippen molar-refractivity contribution in [3.8, 4) is 5.75 Å². The molecule has 0 bridgehead atoms. The lowest BCUT2D eigenvalue weighted by molar-refractivity contribution is 0.112. The van der Waals surface area contributed by atoms with Crippen LogP contribution in [0.4, 0.5) is 0 Å². The van der Waals surface area contributed by atoms with Crippen LogP contribution in [0.5, 0.6) is 5.75 Å². The van der Waals surface area contributed by atoms with E-state index in [1.807, 2.05) is 0 Å². The summed E-state index contributed by atoms with van der Waals surface area (Å²) < 4.78 is 5.97. The maximum atomic E-state index is 10.6. The number of benzene rings is 1. The number of carbonyl (C=O) groups is 1. The van der Waals surface area contributed by atoms with Gasteiger partial charge in [-0.05, 0) is 43.4 Å². The molecule has 2 atom stereocenters. The van der Waals surface area contributed by atoms with Crippen LogP contribution in [0.15, 0.2) is 18.2 Å². The van der Waals surface area contributed by atoms with E-state index in [0.717, 1.165) is 25.0 Å². The van der Waals surface area contributed by atoms with E-state index in [1.165, 1.54) is 19.3 Å². The van der Waals surface area contributed by atoms with Crippen LogP contribution < -0.4 is 4.74 Å². The molecular weight excluding hydrogens is 248 g/mol. The molecule has 1 aromatic rings. The summed E-state index contributed by atoms with van der Waals surface area (Å²) >= 11 is 6.11. The van der Waals surface area contributed by atoms with Crippen LogP contribution in [0.1, 0.15) is 49.4 Å². The van der Waals surface area contributed by atoms with Crippen molar-refractivity contribution in [2.45, 2.75) is 45.1 Å². The Bertz CT molecular complexity index is 417. The van der Waals surface area contributed by atoms with Gasteiger partial charge in [0.1, 0.15) is 12.0 Å². The molecule has 1 saturated carbocycles. The van der Waals surface area contributed by atoms with Gasteiger partial charge in [0.05, 0.1) is 11.1 Å². The highest BCUT2D eigenvalue weighted by Gasteiger charge is 2.22. The molecule has 0 amide bonds. The van der Waals surface area contributed by atoms with Crippen molar-refractivity contribution in [1.82, 2.24) is 0 Å². The second kappa shape index (κ2) is 6.24. The van der Waals surface area contributed by atoms with Crippen molar-refractivity contribution in [2.75, 3.05) is 0 Å². The summed E-state index contributed by atoms with van der Waals surface area (Å²) in [6.07, 6.45) is 7.04. The van der Waals surface area contributed by atoms with Crippen molar-refractivity contribution in [3.63, 3.8) is 0 Å². The SMILES string of the molecule is CCC1CCCC(Oc2ccc(C=O)cc2Cl)C1. The Morgan fingerprint density at radius 2 is 2.28 bits per heavy atom. The summed E-state index contributed by atoms with van der Waals surface area (Å²) in [5.74, 6) is 1.47. The number of hydrogen-bond donors (Lipinski definition) is 0. The number of rotatable bonds is 4. The van der Waals surface area contributed by atoms with Crippen LogP contribution in [0.25, 0.3) is 0 Å². The summed E-state index contributed by atoms with van der Waals surface area (Å²) in [7, 11) is 0. The van der Waals surface area contributed by atoms with E-state index in [1.54, 1.807) is 18.2 Å². The number of ether oxygens (including phenoxy) is 1. The van der Waals surface area contributed by atoms with Gasteiger partial charge in [-0.15, -0.1) is 0 Å². The molecule has 0 heterocycles. The molecule has 0 aliphatic heterocycles. The van der Waals surface area contributed by atoms with E-state index in [9.17, 15) is 4.79 Å². The van der Waals surface area contributed by atoms with Gasteiger partial charge in [-0.1, -0.05) is 31.4 Å². The van der Waals surface area contributed by atoms with Crippen LogP contribution in [-0.4, -0.2) is 12.4 Å². The zero-order valence-electron chi connectivity index (χ0n) is 10.7. The van der Waals surface area contributed by atoms with Crippen LogP contribution in [0.2, 0.25) is 5.02 Å². The lowest BCUT2D eigenvalue weighted by Gasteiger charge is -2.29.